The Hall–Kier alpha value is -5.02. The Morgan fingerprint density at radius 2 is 1.21 bits per heavy atom. The van der Waals surface area contributed by atoms with Gasteiger partial charge in [-0.1, -0.05) is 114 Å². The minimum Gasteiger partial charge on any atom is -0.456 e. The Labute approximate surface area is 284 Å². The summed E-state index contributed by atoms with van der Waals surface area (Å²) in [5.74, 6) is 1.33. The van der Waals surface area contributed by atoms with Crippen molar-refractivity contribution in [2.24, 2.45) is 0 Å². The molecule has 1 aromatic heterocycles. The first kappa shape index (κ1) is 29.1. The molecule has 6 aromatic carbocycles. The van der Waals surface area contributed by atoms with E-state index in [1.54, 1.807) is 0 Å². The van der Waals surface area contributed by atoms with Gasteiger partial charge >= 0.3 is 0 Å². The molecule has 7 aromatic rings. The molecule has 0 fully saturated rings. The van der Waals surface area contributed by atoms with Crippen LogP contribution in [0.4, 0.5) is 17.1 Å². The van der Waals surface area contributed by atoms with Crippen molar-refractivity contribution >= 4 is 62.1 Å². The highest BCUT2D eigenvalue weighted by molar-refractivity contribution is 7.01. The molecule has 9 rings (SSSR count). The predicted molar refractivity (Wildman–Crippen MR) is 206 cm³/mol. The van der Waals surface area contributed by atoms with Crippen molar-refractivity contribution in [2.45, 2.75) is 59.3 Å². The molecule has 2 aliphatic heterocycles. The van der Waals surface area contributed by atoms with Gasteiger partial charge in [0.2, 0.25) is 6.71 Å². The summed E-state index contributed by atoms with van der Waals surface area (Å²) < 4.78 is 6.39. The molecule has 0 saturated carbocycles. The van der Waals surface area contributed by atoms with E-state index in [9.17, 15) is 0 Å². The van der Waals surface area contributed by atoms with Crippen LogP contribution in [0, 0.1) is 0 Å². The fourth-order valence-electron chi connectivity index (χ4n) is 8.11. The van der Waals surface area contributed by atoms with Crippen LogP contribution >= 0.6 is 0 Å². The lowest BCUT2D eigenvalue weighted by Gasteiger charge is -2.37. The molecule has 0 saturated heterocycles. The number of hydrogen-bond acceptors (Lipinski definition) is 2. The third kappa shape index (κ3) is 4.33. The lowest BCUT2D eigenvalue weighted by Crippen LogP contribution is -2.54. The second-order valence-electron chi connectivity index (χ2n) is 14.8. The molecule has 0 bridgehead atoms. The monoisotopic (exact) mass is 621 g/mol. The van der Waals surface area contributed by atoms with Gasteiger partial charge in [0.25, 0.3) is 0 Å². The average Bonchev–Trinajstić information content (AvgIpc) is 3.63. The highest BCUT2D eigenvalue weighted by atomic mass is 16.3. The topological polar surface area (TPSA) is 16.4 Å². The summed E-state index contributed by atoms with van der Waals surface area (Å²) in [6.07, 6.45) is 0. The number of benzene rings is 6. The van der Waals surface area contributed by atoms with Gasteiger partial charge in [0.15, 0.2) is 0 Å². The van der Waals surface area contributed by atoms with Crippen molar-refractivity contribution in [3.05, 3.63) is 132 Å². The zero-order valence-corrected chi connectivity index (χ0v) is 28.6. The van der Waals surface area contributed by atoms with E-state index in [-0.39, 0.29) is 6.71 Å². The predicted octanol–water partition coefficient (Wildman–Crippen LogP) is 10.9. The zero-order valence-electron chi connectivity index (χ0n) is 28.6. The van der Waals surface area contributed by atoms with Gasteiger partial charge in [0, 0.05) is 27.8 Å². The van der Waals surface area contributed by atoms with Crippen molar-refractivity contribution in [1.29, 1.82) is 0 Å². The summed E-state index contributed by atoms with van der Waals surface area (Å²) in [6, 6.07) is 43.6. The molecule has 0 aliphatic carbocycles. The van der Waals surface area contributed by atoms with Crippen molar-refractivity contribution in [1.82, 2.24) is 0 Å². The first-order chi connectivity index (χ1) is 23.3. The standard InChI is InChI=1S/C45H40BNO/c1-26(2)29-10-9-11-34(20-29)47-41-23-31(28(5)6)16-19-40(41)46-39-18-15-30(27(3)4)21-37(39)38-22-33(24-42(47)45(38)46)32-14-17-36-35-12-7-8-13-43(35)48-44(36)25-32/h7-28H,1-6H3. The van der Waals surface area contributed by atoms with Gasteiger partial charge in [0.1, 0.15) is 11.2 Å². The van der Waals surface area contributed by atoms with Crippen LogP contribution in [0.15, 0.2) is 120 Å². The van der Waals surface area contributed by atoms with Crippen molar-refractivity contribution in [3.63, 3.8) is 0 Å². The van der Waals surface area contributed by atoms with Gasteiger partial charge in [-0.2, -0.15) is 0 Å². The lowest BCUT2D eigenvalue weighted by atomic mass is 9.37. The smallest absolute Gasteiger partial charge is 0.248 e. The fraction of sp³-hybridized carbons (Fsp3) is 0.200. The molecule has 2 aliphatic rings. The molecule has 0 atom stereocenters. The summed E-state index contributed by atoms with van der Waals surface area (Å²) in [6.45, 7) is 13.9. The Bertz CT molecular complexity index is 2410. The van der Waals surface area contributed by atoms with E-state index in [4.69, 9.17) is 4.42 Å². The summed E-state index contributed by atoms with van der Waals surface area (Å²) in [5, 5.41) is 2.32. The molecular formula is C45H40BNO. The number of hydrogen-bond donors (Lipinski definition) is 0. The molecule has 0 unspecified atom stereocenters. The second-order valence-corrected chi connectivity index (χ2v) is 14.8. The highest BCUT2D eigenvalue weighted by Gasteiger charge is 2.43. The normalized spacial score (nSPS) is 13.3. The molecule has 0 N–H and O–H groups in total. The van der Waals surface area contributed by atoms with Crippen LogP contribution in [0.25, 0.3) is 44.2 Å². The molecule has 3 heterocycles. The number of fused-ring (bicyclic) bond motifs is 8. The lowest BCUT2D eigenvalue weighted by molar-refractivity contribution is 0.669. The first-order valence-corrected chi connectivity index (χ1v) is 17.5. The Kier molecular flexibility index (Phi) is 6.53. The molecular weight excluding hydrogens is 581 g/mol. The fourth-order valence-corrected chi connectivity index (χ4v) is 8.11. The minimum atomic E-state index is 0.193. The maximum Gasteiger partial charge on any atom is 0.248 e. The third-order valence-electron chi connectivity index (χ3n) is 10.8. The maximum absolute atomic E-state index is 6.39. The van der Waals surface area contributed by atoms with Gasteiger partial charge in [-0.25, -0.2) is 0 Å². The minimum absolute atomic E-state index is 0.193. The van der Waals surface area contributed by atoms with E-state index in [0.29, 0.717) is 17.8 Å². The number of nitrogens with zero attached hydrogens (tertiary/aromatic N) is 1. The summed E-state index contributed by atoms with van der Waals surface area (Å²) in [7, 11) is 0. The zero-order chi connectivity index (χ0) is 32.8. The van der Waals surface area contributed by atoms with Gasteiger partial charge in [-0.15, -0.1) is 0 Å². The Morgan fingerprint density at radius 1 is 0.500 bits per heavy atom. The molecule has 48 heavy (non-hydrogen) atoms. The van der Waals surface area contributed by atoms with Crippen LogP contribution < -0.4 is 21.3 Å². The largest absolute Gasteiger partial charge is 0.456 e. The van der Waals surface area contributed by atoms with Crippen LogP contribution in [-0.2, 0) is 0 Å². The van der Waals surface area contributed by atoms with Gasteiger partial charge in [-0.3, -0.25) is 0 Å². The number of rotatable bonds is 5. The van der Waals surface area contributed by atoms with E-state index in [2.05, 4.69) is 156 Å². The molecule has 234 valence electrons. The highest BCUT2D eigenvalue weighted by Crippen LogP contribution is 2.45. The van der Waals surface area contributed by atoms with Crippen molar-refractivity contribution in [2.75, 3.05) is 4.90 Å². The number of furan rings is 1. The second kappa shape index (κ2) is 10.8. The number of para-hydroxylation sites is 1. The van der Waals surface area contributed by atoms with E-state index in [1.807, 2.05) is 6.07 Å². The van der Waals surface area contributed by atoms with Crippen LogP contribution in [0.5, 0.6) is 0 Å². The Balaban J connectivity index is 1.35. The summed E-state index contributed by atoms with van der Waals surface area (Å²) >= 11 is 0. The molecule has 2 nitrogen and oxygen atoms in total. The molecule has 0 spiro atoms. The molecule has 0 amide bonds. The quantitative estimate of drug-likeness (QED) is 0.178. The molecule has 0 radical (unpaired) electrons. The Morgan fingerprint density at radius 3 is 2.00 bits per heavy atom. The average molecular weight is 622 g/mol. The van der Waals surface area contributed by atoms with Crippen LogP contribution in [0.3, 0.4) is 0 Å². The van der Waals surface area contributed by atoms with Crippen LogP contribution in [0.2, 0.25) is 0 Å². The van der Waals surface area contributed by atoms with Gasteiger partial charge in [-0.05, 0) is 116 Å². The summed E-state index contributed by atoms with van der Waals surface area (Å²) in [5.41, 5.74) is 19.0. The molecule has 3 heteroatoms. The van der Waals surface area contributed by atoms with E-state index < -0.39 is 0 Å². The maximum atomic E-state index is 6.39. The SMILES string of the molecule is CC(C)c1cccc(N2c3cc(C(C)C)ccc3B3c4ccc(C(C)C)cc4-c4cc(-c5ccc6c(c5)oc5ccccc56)cc2c43)c1. The number of anilines is 3. The van der Waals surface area contributed by atoms with Crippen LogP contribution in [-0.4, -0.2) is 6.71 Å². The van der Waals surface area contributed by atoms with E-state index in [0.717, 1.165) is 21.9 Å². The van der Waals surface area contributed by atoms with Crippen LogP contribution in [0.1, 0.15) is 76.0 Å². The van der Waals surface area contributed by atoms with Crippen molar-refractivity contribution in [3.8, 4) is 22.3 Å². The summed E-state index contributed by atoms with van der Waals surface area (Å²) in [4.78, 5) is 2.56. The van der Waals surface area contributed by atoms with Crippen molar-refractivity contribution < 1.29 is 4.42 Å². The van der Waals surface area contributed by atoms with Gasteiger partial charge < -0.3 is 9.32 Å². The van der Waals surface area contributed by atoms with E-state index >= 15 is 0 Å². The third-order valence-corrected chi connectivity index (χ3v) is 10.8. The van der Waals surface area contributed by atoms with E-state index in [1.165, 1.54) is 72.4 Å². The first-order valence-electron chi connectivity index (χ1n) is 17.5. The van der Waals surface area contributed by atoms with Gasteiger partial charge in [0.05, 0.1) is 0 Å².